The van der Waals surface area contributed by atoms with Gasteiger partial charge in [0.25, 0.3) is 5.71 Å². The van der Waals surface area contributed by atoms with Gasteiger partial charge in [0, 0.05) is 6.54 Å². The van der Waals surface area contributed by atoms with Crippen LogP contribution in [-0.2, 0) is 6.54 Å². The lowest BCUT2D eigenvalue weighted by Crippen LogP contribution is -2.12. The normalized spacial score (nSPS) is 10.9. The molecule has 0 bridgehead atoms. The van der Waals surface area contributed by atoms with Gasteiger partial charge in [-0.2, -0.15) is 4.98 Å². The first-order chi connectivity index (χ1) is 10.1. The molecule has 3 rings (SSSR count). The maximum Gasteiger partial charge on any atom is 0.358 e. The summed E-state index contributed by atoms with van der Waals surface area (Å²) < 4.78 is 6.49. The van der Waals surface area contributed by atoms with Crippen LogP contribution in [0.2, 0.25) is 0 Å². The minimum absolute atomic E-state index is 0.0886. The molecule has 0 saturated carbocycles. The summed E-state index contributed by atoms with van der Waals surface area (Å²) in [5.41, 5.74) is 1.02. The van der Waals surface area contributed by atoms with Crippen molar-refractivity contribution in [1.29, 1.82) is 0 Å². The third-order valence-corrected chi connectivity index (χ3v) is 2.83. The van der Waals surface area contributed by atoms with Gasteiger partial charge in [0.2, 0.25) is 0 Å². The van der Waals surface area contributed by atoms with E-state index in [4.69, 9.17) is 9.63 Å². The van der Waals surface area contributed by atoms with E-state index < -0.39 is 5.97 Å². The van der Waals surface area contributed by atoms with E-state index in [1.807, 2.05) is 0 Å². The zero-order valence-corrected chi connectivity index (χ0v) is 11.0. The van der Waals surface area contributed by atoms with Crippen molar-refractivity contribution in [3.8, 4) is 0 Å². The molecule has 0 aliphatic carbocycles. The van der Waals surface area contributed by atoms with Crippen LogP contribution in [0.4, 0.5) is 5.82 Å². The van der Waals surface area contributed by atoms with Crippen LogP contribution in [0.25, 0.3) is 11.1 Å². The van der Waals surface area contributed by atoms with Crippen LogP contribution >= 0.6 is 0 Å². The SMILES string of the molecule is Cc1noc2ncnc(NCCn3cc(C(=O)O)nn3)c12. The van der Waals surface area contributed by atoms with Gasteiger partial charge in [0.1, 0.15) is 17.5 Å². The highest BCUT2D eigenvalue weighted by Gasteiger charge is 2.12. The smallest absolute Gasteiger partial charge is 0.358 e. The van der Waals surface area contributed by atoms with Crippen LogP contribution in [0, 0.1) is 6.92 Å². The predicted molar refractivity (Wildman–Crippen MR) is 69.8 cm³/mol. The van der Waals surface area contributed by atoms with E-state index in [2.05, 4.69) is 30.8 Å². The van der Waals surface area contributed by atoms with Gasteiger partial charge in [0.15, 0.2) is 5.69 Å². The highest BCUT2D eigenvalue weighted by Crippen LogP contribution is 2.21. The Balaban J connectivity index is 1.69. The van der Waals surface area contributed by atoms with E-state index in [9.17, 15) is 4.79 Å². The van der Waals surface area contributed by atoms with Crippen molar-refractivity contribution in [2.24, 2.45) is 0 Å². The molecule has 21 heavy (non-hydrogen) atoms. The second kappa shape index (κ2) is 5.15. The second-order valence-corrected chi connectivity index (χ2v) is 4.27. The first kappa shape index (κ1) is 13.0. The molecule has 0 atom stereocenters. The van der Waals surface area contributed by atoms with Crippen LogP contribution in [0.5, 0.6) is 0 Å². The number of carboxylic acid groups (broad SMARTS) is 1. The molecule has 0 saturated heterocycles. The fourth-order valence-corrected chi connectivity index (χ4v) is 1.85. The maximum absolute atomic E-state index is 10.7. The number of rotatable bonds is 5. The number of nitrogens with zero attached hydrogens (tertiary/aromatic N) is 6. The Morgan fingerprint density at radius 3 is 3.10 bits per heavy atom. The van der Waals surface area contributed by atoms with Gasteiger partial charge in [0.05, 0.1) is 18.4 Å². The number of hydrogen-bond acceptors (Lipinski definition) is 8. The highest BCUT2D eigenvalue weighted by molar-refractivity contribution is 5.87. The van der Waals surface area contributed by atoms with E-state index in [-0.39, 0.29) is 5.69 Å². The van der Waals surface area contributed by atoms with Crippen LogP contribution in [-0.4, -0.2) is 47.7 Å². The number of nitrogens with one attached hydrogen (secondary N) is 1. The third kappa shape index (κ3) is 2.50. The summed E-state index contributed by atoms with van der Waals surface area (Å²) >= 11 is 0. The molecule has 0 aliphatic rings. The summed E-state index contributed by atoms with van der Waals surface area (Å²) in [6.45, 7) is 2.73. The number of anilines is 1. The largest absolute Gasteiger partial charge is 0.476 e. The van der Waals surface area contributed by atoms with E-state index in [1.54, 1.807) is 6.92 Å². The lowest BCUT2D eigenvalue weighted by atomic mass is 10.3. The van der Waals surface area contributed by atoms with Gasteiger partial charge in [-0.3, -0.25) is 0 Å². The highest BCUT2D eigenvalue weighted by atomic mass is 16.5. The van der Waals surface area contributed by atoms with Crippen LogP contribution in [0.3, 0.4) is 0 Å². The molecule has 0 aliphatic heterocycles. The molecule has 3 aromatic heterocycles. The summed E-state index contributed by atoms with van der Waals surface area (Å²) in [7, 11) is 0. The average Bonchev–Trinajstić information content (AvgIpc) is 3.07. The Bertz CT molecular complexity index is 794. The number of fused-ring (bicyclic) bond motifs is 1. The standard InChI is InChI=1S/C11H11N7O3/c1-6-8-9(13-5-14-10(8)21-16-6)12-2-3-18-4-7(11(19)20)15-17-18/h4-5H,2-3H2,1H3,(H,19,20)(H,12,13,14). The molecule has 2 N–H and O–H groups in total. The molecule has 10 heteroatoms. The molecule has 10 nitrogen and oxygen atoms in total. The molecule has 0 fully saturated rings. The lowest BCUT2D eigenvalue weighted by Gasteiger charge is -2.05. The molecular formula is C11H11N7O3. The Morgan fingerprint density at radius 2 is 2.33 bits per heavy atom. The van der Waals surface area contributed by atoms with Crippen LogP contribution in [0.15, 0.2) is 17.0 Å². The minimum atomic E-state index is -1.10. The Morgan fingerprint density at radius 1 is 1.48 bits per heavy atom. The maximum atomic E-state index is 10.7. The fraction of sp³-hybridized carbons (Fsp3) is 0.273. The number of carbonyl (C=O) groups is 1. The van der Waals surface area contributed by atoms with Crippen molar-refractivity contribution < 1.29 is 14.4 Å². The van der Waals surface area contributed by atoms with Crippen molar-refractivity contribution >= 4 is 22.9 Å². The number of aromatic carboxylic acids is 1. The van der Waals surface area contributed by atoms with Gasteiger partial charge in [-0.05, 0) is 6.92 Å². The number of hydrogen-bond donors (Lipinski definition) is 2. The number of carboxylic acids is 1. The second-order valence-electron chi connectivity index (χ2n) is 4.27. The Kier molecular flexibility index (Phi) is 3.18. The Hall–Kier alpha value is -3.04. The fourth-order valence-electron chi connectivity index (χ4n) is 1.85. The van der Waals surface area contributed by atoms with E-state index in [1.165, 1.54) is 17.2 Å². The van der Waals surface area contributed by atoms with Crippen molar-refractivity contribution in [1.82, 2.24) is 30.1 Å². The number of aryl methyl sites for hydroxylation is 1. The zero-order chi connectivity index (χ0) is 14.8. The van der Waals surface area contributed by atoms with E-state index in [0.717, 1.165) is 5.39 Å². The summed E-state index contributed by atoms with van der Waals surface area (Å²) in [6, 6.07) is 0. The van der Waals surface area contributed by atoms with E-state index >= 15 is 0 Å². The van der Waals surface area contributed by atoms with E-state index in [0.29, 0.717) is 30.3 Å². The van der Waals surface area contributed by atoms with Crippen LogP contribution in [0.1, 0.15) is 16.2 Å². The van der Waals surface area contributed by atoms with Gasteiger partial charge >= 0.3 is 5.97 Å². The van der Waals surface area contributed by atoms with Gasteiger partial charge in [-0.25, -0.2) is 14.5 Å². The third-order valence-electron chi connectivity index (χ3n) is 2.83. The summed E-state index contributed by atoms with van der Waals surface area (Å²) in [4.78, 5) is 18.8. The topological polar surface area (TPSA) is 132 Å². The molecule has 3 aromatic rings. The lowest BCUT2D eigenvalue weighted by molar-refractivity contribution is 0.0690. The van der Waals surface area contributed by atoms with Crippen LogP contribution < -0.4 is 5.32 Å². The summed E-state index contributed by atoms with van der Waals surface area (Å²) in [5.74, 6) is -0.496. The van der Waals surface area contributed by atoms with Crippen molar-refractivity contribution in [3.63, 3.8) is 0 Å². The first-order valence-corrected chi connectivity index (χ1v) is 6.09. The Labute approximate surface area is 117 Å². The summed E-state index contributed by atoms with van der Waals surface area (Å²) in [6.07, 6.45) is 2.75. The van der Waals surface area contributed by atoms with Crippen molar-refractivity contribution in [2.75, 3.05) is 11.9 Å². The number of aromatic nitrogens is 6. The molecule has 3 heterocycles. The van der Waals surface area contributed by atoms with Gasteiger partial charge in [-0.1, -0.05) is 10.4 Å². The summed E-state index contributed by atoms with van der Waals surface area (Å²) in [5, 5.41) is 23.7. The van der Waals surface area contributed by atoms with Crippen molar-refractivity contribution in [3.05, 3.63) is 23.9 Å². The molecule has 108 valence electrons. The molecule has 0 radical (unpaired) electrons. The molecule has 0 unspecified atom stereocenters. The van der Waals surface area contributed by atoms with Gasteiger partial charge in [-0.15, -0.1) is 5.10 Å². The minimum Gasteiger partial charge on any atom is -0.476 e. The van der Waals surface area contributed by atoms with Gasteiger partial charge < -0.3 is 14.9 Å². The average molecular weight is 289 g/mol. The molecular weight excluding hydrogens is 278 g/mol. The first-order valence-electron chi connectivity index (χ1n) is 6.09. The quantitative estimate of drug-likeness (QED) is 0.681. The predicted octanol–water partition coefficient (Wildman–Crippen LogP) is 0.328. The molecule has 0 amide bonds. The zero-order valence-electron chi connectivity index (χ0n) is 11.0. The molecule has 0 spiro atoms. The monoisotopic (exact) mass is 289 g/mol. The molecule has 0 aromatic carbocycles. The van der Waals surface area contributed by atoms with Crippen molar-refractivity contribution in [2.45, 2.75) is 13.5 Å².